The van der Waals surface area contributed by atoms with Crippen LogP contribution in [0.1, 0.15) is 24.3 Å². The van der Waals surface area contributed by atoms with Crippen molar-refractivity contribution in [2.24, 2.45) is 5.73 Å². The van der Waals surface area contributed by atoms with Crippen molar-refractivity contribution in [3.05, 3.63) is 35.9 Å². The lowest BCUT2D eigenvalue weighted by molar-refractivity contribution is 0.394. The third-order valence-electron chi connectivity index (χ3n) is 4.28. The van der Waals surface area contributed by atoms with Crippen molar-refractivity contribution in [1.29, 1.82) is 0 Å². The summed E-state index contributed by atoms with van der Waals surface area (Å²) in [5, 5.41) is 0. The van der Waals surface area contributed by atoms with Crippen molar-refractivity contribution < 1.29 is 8.42 Å². The zero-order chi connectivity index (χ0) is 14.2. The second kappa shape index (κ2) is 5.44. The Morgan fingerprint density at radius 3 is 2.30 bits per heavy atom. The molecule has 2 saturated heterocycles. The molecule has 2 N–H and O–H groups in total. The monoisotopic (exact) mass is 295 g/mol. The summed E-state index contributed by atoms with van der Waals surface area (Å²) in [6.45, 7) is 2.19. The first-order valence-electron chi connectivity index (χ1n) is 7.15. The third-order valence-corrected chi connectivity index (χ3v) is 6.25. The van der Waals surface area contributed by atoms with Crippen LogP contribution in [0.3, 0.4) is 0 Å². The summed E-state index contributed by atoms with van der Waals surface area (Å²) < 4.78 is 28.3. The van der Waals surface area contributed by atoms with Crippen molar-refractivity contribution in [2.45, 2.75) is 24.8 Å². The van der Waals surface area contributed by atoms with Crippen LogP contribution in [-0.2, 0) is 10.2 Å². The Bertz CT molecular complexity index is 555. The van der Waals surface area contributed by atoms with Gasteiger partial charge in [0.15, 0.2) is 0 Å². The van der Waals surface area contributed by atoms with Crippen LogP contribution in [-0.4, -0.2) is 49.2 Å². The second-order valence-corrected chi connectivity index (χ2v) is 7.54. The molecule has 20 heavy (non-hydrogen) atoms. The van der Waals surface area contributed by atoms with Gasteiger partial charge in [0.05, 0.1) is 0 Å². The Kier molecular flexibility index (Phi) is 3.81. The highest BCUT2D eigenvalue weighted by Gasteiger charge is 2.40. The molecule has 2 aliphatic rings. The van der Waals surface area contributed by atoms with Gasteiger partial charge in [-0.3, -0.25) is 0 Å². The van der Waals surface area contributed by atoms with Gasteiger partial charge in [-0.15, -0.1) is 0 Å². The van der Waals surface area contributed by atoms with Crippen LogP contribution >= 0.6 is 0 Å². The Morgan fingerprint density at radius 1 is 1.00 bits per heavy atom. The summed E-state index contributed by atoms with van der Waals surface area (Å²) in [6, 6.07) is 9.82. The molecule has 0 amide bonds. The van der Waals surface area contributed by atoms with Gasteiger partial charge in [-0.25, -0.2) is 0 Å². The maximum atomic E-state index is 12.6. The fraction of sp³-hybridized carbons (Fsp3) is 0.571. The second-order valence-electron chi connectivity index (χ2n) is 5.61. The van der Waals surface area contributed by atoms with Gasteiger partial charge >= 0.3 is 0 Å². The van der Waals surface area contributed by atoms with Crippen LogP contribution in [0.4, 0.5) is 0 Å². The van der Waals surface area contributed by atoms with Gasteiger partial charge in [0.1, 0.15) is 0 Å². The molecule has 0 aliphatic carbocycles. The van der Waals surface area contributed by atoms with Crippen molar-refractivity contribution in [3.63, 3.8) is 0 Å². The Labute approximate surface area is 120 Å². The van der Waals surface area contributed by atoms with Crippen LogP contribution in [0.15, 0.2) is 30.3 Å². The highest BCUT2D eigenvalue weighted by Crippen LogP contribution is 2.30. The maximum absolute atomic E-state index is 12.6. The lowest BCUT2D eigenvalue weighted by Gasteiger charge is -2.23. The van der Waals surface area contributed by atoms with E-state index in [9.17, 15) is 8.42 Å². The molecule has 0 bridgehead atoms. The van der Waals surface area contributed by atoms with Gasteiger partial charge < -0.3 is 5.73 Å². The fourth-order valence-corrected chi connectivity index (χ4v) is 4.87. The molecule has 6 heteroatoms. The molecule has 2 aliphatic heterocycles. The largest absolute Gasteiger partial charge is 0.326 e. The van der Waals surface area contributed by atoms with E-state index in [0.717, 1.165) is 18.4 Å². The van der Waals surface area contributed by atoms with E-state index in [1.54, 1.807) is 8.61 Å². The molecular formula is C14H21N3O2S. The molecule has 2 atom stereocenters. The minimum atomic E-state index is -3.33. The lowest BCUT2D eigenvalue weighted by atomic mass is 9.95. The lowest BCUT2D eigenvalue weighted by Crippen LogP contribution is -2.42. The topological polar surface area (TPSA) is 66.6 Å². The number of benzene rings is 1. The number of hydrogen-bond acceptors (Lipinski definition) is 3. The summed E-state index contributed by atoms with van der Waals surface area (Å²) in [4.78, 5) is 0. The van der Waals surface area contributed by atoms with Crippen molar-refractivity contribution >= 4 is 10.2 Å². The van der Waals surface area contributed by atoms with E-state index < -0.39 is 10.2 Å². The van der Waals surface area contributed by atoms with Gasteiger partial charge in [-0.05, 0) is 18.4 Å². The Morgan fingerprint density at radius 2 is 1.65 bits per heavy atom. The first-order chi connectivity index (χ1) is 9.59. The first kappa shape index (κ1) is 14.0. The number of hydrogen-bond donors (Lipinski definition) is 1. The fourth-order valence-electron chi connectivity index (χ4n) is 3.12. The van der Waals surface area contributed by atoms with Gasteiger partial charge in [0, 0.05) is 38.1 Å². The highest BCUT2D eigenvalue weighted by atomic mass is 32.2. The number of nitrogens with zero attached hydrogens (tertiary/aromatic N) is 2. The van der Waals surface area contributed by atoms with E-state index >= 15 is 0 Å². The Hall–Kier alpha value is -0.950. The minimum Gasteiger partial charge on any atom is -0.326 e. The van der Waals surface area contributed by atoms with E-state index in [1.807, 2.05) is 30.3 Å². The molecular weight excluding hydrogens is 274 g/mol. The quantitative estimate of drug-likeness (QED) is 0.895. The zero-order valence-electron chi connectivity index (χ0n) is 11.5. The van der Waals surface area contributed by atoms with E-state index in [4.69, 9.17) is 5.73 Å². The van der Waals surface area contributed by atoms with Crippen molar-refractivity contribution in [1.82, 2.24) is 8.61 Å². The van der Waals surface area contributed by atoms with Crippen LogP contribution in [0.5, 0.6) is 0 Å². The standard InChI is InChI=1S/C14H21N3O2S/c15-14-11-17(20(18,19)16-8-4-5-9-16)10-13(14)12-6-2-1-3-7-12/h1-3,6-7,13-14H,4-5,8-11,15H2/t13-,14+/m0/s1. The van der Waals surface area contributed by atoms with Crippen LogP contribution in [0, 0.1) is 0 Å². The summed E-state index contributed by atoms with van der Waals surface area (Å²) in [5.74, 6) is 0.0913. The number of nitrogens with two attached hydrogens (primary N) is 1. The van der Waals surface area contributed by atoms with Crippen LogP contribution < -0.4 is 5.73 Å². The van der Waals surface area contributed by atoms with E-state index in [-0.39, 0.29) is 12.0 Å². The average molecular weight is 295 g/mol. The smallest absolute Gasteiger partial charge is 0.282 e. The first-order valence-corrected chi connectivity index (χ1v) is 8.54. The van der Waals surface area contributed by atoms with Gasteiger partial charge in [0.25, 0.3) is 10.2 Å². The van der Waals surface area contributed by atoms with Gasteiger partial charge in [0.2, 0.25) is 0 Å². The number of rotatable bonds is 3. The zero-order valence-corrected chi connectivity index (χ0v) is 12.3. The molecule has 0 saturated carbocycles. The molecule has 2 fully saturated rings. The molecule has 1 aromatic carbocycles. The van der Waals surface area contributed by atoms with Crippen LogP contribution in [0.2, 0.25) is 0 Å². The highest BCUT2D eigenvalue weighted by molar-refractivity contribution is 7.86. The molecule has 0 aromatic heterocycles. The maximum Gasteiger partial charge on any atom is 0.282 e. The SMILES string of the molecule is N[C@@H]1CN(S(=O)(=O)N2CCCC2)C[C@H]1c1ccccc1. The normalized spacial score (nSPS) is 29.1. The third kappa shape index (κ3) is 2.48. The Balaban J connectivity index is 1.78. The van der Waals surface area contributed by atoms with Crippen LogP contribution in [0.25, 0.3) is 0 Å². The molecule has 0 unspecified atom stereocenters. The summed E-state index contributed by atoms with van der Waals surface area (Å²) >= 11 is 0. The van der Waals surface area contributed by atoms with E-state index in [1.165, 1.54) is 0 Å². The molecule has 1 aromatic rings. The predicted octanol–water partition coefficient (Wildman–Crippen LogP) is 0.754. The molecule has 2 heterocycles. The van der Waals surface area contributed by atoms with Gasteiger partial charge in [-0.1, -0.05) is 30.3 Å². The molecule has 0 spiro atoms. The molecule has 3 rings (SSSR count). The predicted molar refractivity (Wildman–Crippen MR) is 78.5 cm³/mol. The van der Waals surface area contributed by atoms with Crippen molar-refractivity contribution in [2.75, 3.05) is 26.2 Å². The average Bonchev–Trinajstić information content (AvgIpc) is 3.09. The molecule has 0 radical (unpaired) electrons. The molecule has 110 valence electrons. The summed E-state index contributed by atoms with van der Waals surface area (Å²) in [6.07, 6.45) is 1.92. The minimum absolute atomic E-state index is 0.0913. The van der Waals surface area contributed by atoms with Crippen molar-refractivity contribution in [3.8, 4) is 0 Å². The summed E-state index contributed by atoms with van der Waals surface area (Å²) in [5.41, 5.74) is 7.30. The van der Waals surface area contributed by atoms with E-state index in [0.29, 0.717) is 26.2 Å². The molecule has 5 nitrogen and oxygen atoms in total. The summed E-state index contributed by atoms with van der Waals surface area (Å²) in [7, 11) is -3.33. The van der Waals surface area contributed by atoms with E-state index in [2.05, 4.69) is 0 Å². The van der Waals surface area contributed by atoms with Gasteiger partial charge in [-0.2, -0.15) is 17.0 Å².